The summed E-state index contributed by atoms with van der Waals surface area (Å²) in [6, 6.07) is 6.13. The van der Waals surface area contributed by atoms with Gasteiger partial charge in [0.1, 0.15) is 5.82 Å². The first kappa shape index (κ1) is 15.8. The Bertz CT molecular complexity index is 641. The highest BCUT2D eigenvalue weighted by molar-refractivity contribution is 14.1. The lowest BCUT2D eigenvalue weighted by molar-refractivity contribution is 0.404. The minimum atomic E-state index is 0.195. The molecule has 2 N–H and O–H groups in total. The highest BCUT2D eigenvalue weighted by atomic mass is 127. The van der Waals surface area contributed by atoms with Crippen molar-refractivity contribution in [1.29, 1.82) is 0 Å². The van der Waals surface area contributed by atoms with Gasteiger partial charge >= 0.3 is 0 Å². The SMILES string of the molecule is Cc1cc(Br)ccc1-n1nc(CC(C)(C)C)c(I)c1N. The predicted octanol–water partition coefficient (Wildman–Crippen LogP) is 4.72. The third-order valence-corrected chi connectivity index (χ3v) is 4.68. The highest BCUT2D eigenvalue weighted by Crippen LogP contribution is 2.29. The Morgan fingerprint density at radius 2 is 2.00 bits per heavy atom. The van der Waals surface area contributed by atoms with Crippen molar-refractivity contribution in [2.24, 2.45) is 5.41 Å². The number of anilines is 1. The van der Waals surface area contributed by atoms with E-state index in [1.54, 1.807) is 0 Å². The molecule has 0 aliphatic heterocycles. The van der Waals surface area contributed by atoms with Crippen LogP contribution in [0.5, 0.6) is 0 Å². The van der Waals surface area contributed by atoms with Crippen LogP contribution in [0.4, 0.5) is 5.82 Å². The first-order valence-electron chi connectivity index (χ1n) is 6.48. The minimum Gasteiger partial charge on any atom is -0.383 e. The fourth-order valence-corrected chi connectivity index (χ4v) is 3.12. The molecule has 2 rings (SSSR count). The zero-order chi connectivity index (χ0) is 15.1. The van der Waals surface area contributed by atoms with Crippen molar-refractivity contribution in [2.75, 3.05) is 5.73 Å². The van der Waals surface area contributed by atoms with Crippen LogP contribution in [0.2, 0.25) is 0 Å². The molecule has 2 aromatic rings. The lowest BCUT2D eigenvalue weighted by atomic mass is 9.91. The molecule has 20 heavy (non-hydrogen) atoms. The fourth-order valence-electron chi connectivity index (χ4n) is 2.11. The summed E-state index contributed by atoms with van der Waals surface area (Å²) >= 11 is 5.78. The number of hydrogen-bond acceptors (Lipinski definition) is 2. The summed E-state index contributed by atoms with van der Waals surface area (Å²) in [7, 11) is 0. The average molecular weight is 448 g/mol. The Labute approximate surface area is 142 Å². The zero-order valence-electron chi connectivity index (χ0n) is 12.2. The number of rotatable bonds is 2. The van der Waals surface area contributed by atoms with Crippen LogP contribution < -0.4 is 5.73 Å². The quantitative estimate of drug-likeness (QED) is 0.677. The van der Waals surface area contributed by atoms with Gasteiger partial charge in [0.2, 0.25) is 0 Å². The van der Waals surface area contributed by atoms with E-state index in [0.29, 0.717) is 0 Å². The van der Waals surface area contributed by atoms with Gasteiger partial charge in [-0.15, -0.1) is 0 Å². The summed E-state index contributed by atoms with van der Waals surface area (Å²) in [6.45, 7) is 8.70. The van der Waals surface area contributed by atoms with E-state index in [1.165, 1.54) is 0 Å². The Kier molecular flexibility index (Phi) is 4.49. The van der Waals surface area contributed by atoms with Crippen molar-refractivity contribution in [2.45, 2.75) is 34.1 Å². The third-order valence-electron chi connectivity index (χ3n) is 3.01. The molecule has 0 saturated heterocycles. The number of nitrogens with zero attached hydrogens (tertiary/aromatic N) is 2. The molecule has 0 aliphatic rings. The standard InChI is InChI=1S/C15H19BrIN3/c1-9-7-10(16)5-6-12(9)20-14(18)13(17)11(19-20)8-15(2,3)4/h5-7H,8,18H2,1-4H3. The molecule has 1 aromatic carbocycles. The van der Waals surface area contributed by atoms with E-state index in [2.05, 4.69) is 72.3 Å². The van der Waals surface area contributed by atoms with Crippen LogP contribution in [0.25, 0.3) is 5.69 Å². The molecule has 0 aliphatic carbocycles. The number of nitrogens with two attached hydrogens (primary N) is 1. The number of aromatic nitrogens is 2. The zero-order valence-corrected chi connectivity index (χ0v) is 15.9. The number of nitrogen functional groups attached to an aromatic ring is 1. The molecule has 0 radical (unpaired) electrons. The van der Waals surface area contributed by atoms with Gasteiger partial charge in [0.05, 0.1) is 15.0 Å². The third kappa shape index (κ3) is 3.36. The molecule has 3 nitrogen and oxygen atoms in total. The van der Waals surface area contributed by atoms with Crippen molar-refractivity contribution in [3.8, 4) is 5.69 Å². The molecule has 108 valence electrons. The van der Waals surface area contributed by atoms with E-state index in [4.69, 9.17) is 10.8 Å². The van der Waals surface area contributed by atoms with E-state index in [1.807, 2.05) is 16.8 Å². The summed E-state index contributed by atoms with van der Waals surface area (Å²) in [4.78, 5) is 0. The van der Waals surface area contributed by atoms with Crippen LogP contribution in [0.3, 0.4) is 0 Å². The Balaban J connectivity index is 2.50. The van der Waals surface area contributed by atoms with Gasteiger partial charge in [0.25, 0.3) is 0 Å². The number of halogens is 2. The summed E-state index contributed by atoms with van der Waals surface area (Å²) in [5.74, 6) is 0.718. The summed E-state index contributed by atoms with van der Waals surface area (Å²) in [5.41, 5.74) is 9.68. The smallest absolute Gasteiger partial charge is 0.141 e. The summed E-state index contributed by atoms with van der Waals surface area (Å²) in [5, 5.41) is 4.72. The molecule has 0 atom stereocenters. The minimum absolute atomic E-state index is 0.195. The summed E-state index contributed by atoms with van der Waals surface area (Å²) < 4.78 is 3.97. The largest absolute Gasteiger partial charge is 0.383 e. The van der Waals surface area contributed by atoms with Crippen molar-refractivity contribution in [1.82, 2.24) is 9.78 Å². The van der Waals surface area contributed by atoms with Gasteiger partial charge < -0.3 is 5.73 Å². The van der Waals surface area contributed by atoms with Gasteiger partial charge in [-0.3, -0.25) is 0 Å². The molecule has 1 aromatic heterocycles. The fraction of sp³-hybridized carbons (Fsp3) is 0.400. The molecule has 0 saturated carbocycles. The number of aryl methyl sites for hydroxylation is 1. The van der Waals surface area contributed by atoms with E-state index in [0.717, 1.165) is 37.2 Å². The molecule has 0 amide bonds. The molecule has 0 unspecified atom stereocenters. The van der Waals surface area contributed by atoms with Crippen molar-refractivity contribution < 1.29 is 0 Å². The summed E-state index contributed by atoms with van der Waals surface area (Å²) in [6.07, 6.45) is 0.915. The van der Waals surface area contributed by atoms with E-state index in [9.17, 15) is 0 Å². The molecular formula is C15H19BrIN3. The van der Waals surface area contributed by atoms with Crippen LogP contribution in [-0.2, 0) is 6.42 Å². The monoisotopic (exact) mass is 447 g/mol. The number of benzene rings is 1. The maximum absolute atomic E-state index is 6.24. The lowest BCUT2D eigenvalue weighted by Gasteiger charge is -2.16. The van der Waals surface area contributed by atoms with Gasteiger partial charge in [-0.1, -0.05) is 36.7 Å². The van der Waals surface area contributed by atoms with E-state index >= 15 is 0 Å². The Morgan fingerprint density at radius 1 is 1.35 bits per heavy atom. The van der Waals surface area contributed by atoms with Gasteiger partial charge in [0.15, 0.2) is 0 Å². The molecule has 5 heteroatoms. The highest BCUT2D eigenvalue weighted by Gasteiger charge is 2.20. The van der Waals surface area contributed by atoms with Crippen LogP contribution in [0.1, 0.15) is 32.0 Å². The van der Waals surface area contributed by atoms with Crippen LogP contribution in [0, 0.1) is 15.9 Å². The van der Waals surface area contributed by atoms with Crippen LogP contribution in [-0.4, -0.2) is 9.78 Å². The lowest BCUT2D eigenvalue weighted by Crippen LogP contribution is -2.11. The second kappa shape index (κ2) is 5.67. The number of hydrogen-bond donors (Lipinski definition) is 1. The van der Waals surface area contributed by atoms with Gasteiger partial charge in [0, 0.05) is 4.47 Å². The van der Waals surface area contributed by atoms with Crippen molar-refractivity contribution in [3.05, 3.63) is 37.5 Å². The van der Waals surface area contributed by atoms with Crippen LogP contribution in [0.15, 0.2) is 22.7 Å². The van der Waals surface area contributed by atoms with Gasteiger partial charge in [-0.2, -0.15) is 5.10 Å². The normalized spacial score (nSPS) is 11.9. The van der Waals surface area contributed by atoms with Crippen molar-refractivity contribution >= 4 is 44.3 Å². The molecular weight excluding hydrogens is 429 g/mol. The Morgan fingerprint density at radius 3 is 2.55 bits per heavy atom. The molecule has 1 heterocycles. The van der Waals surface area contributed by atoms with E-state index < -0.39 is 0 Å². The van der Waals surface area contributed by atoms with Gasteiger partial charge in [-0.05, 0) is 65.1 Å². The van der Waals surface area contributed by atoms with E-state index in [-0.39, 0.29) is 5.41 Å². The van der Waals surface area contributed by atoms with Gasteiger partial charge in [-0.25, -0.2) is 4.68 Å². The maximum Gasteiger partial charge on any atom is 0.141 e. The molecule has 0 bridgehead atoms. The predicted molar refractivity (Wildman–Crippen MR) is 96.3 cm³/mol. The first-order chi connectivity index (χ1) is 9.19. The topological polar surface area (TPSA) is 43.8 Å². The first-order valence-corrected chi connectivity index (χ1v) is 8.35. The molecule has 0 fully saturated rings. The van der Waals surface area contributed by atoms with Crippen molar-refractivity contribution in [3.63, 3.8) is 0 Å². The average Bonchev–Trinajstić information content (AvgIpc) is 2.56. The maximum atomic E-state index is 6.24. The second-order valence-corrected chi connectivity index (χ2v) is 8.22. The van der Waals surface area contributed by atoms with Crippen LogP contribution >= 0.6 is 38.5 Å². The Hall–Kier alpha value is -0.560. The molecule has 0 spiro atoms. The second-order valence-electron chi connectivity index (χ2n) is 6.23.